The second-order valence-electron chi connectivity index (χ2n) is 5.01. The van der Waals surface area contributed by atoms with Crippen LogP contribution in [0.4, 0.5) is 0 Å². The van der Waals surface area contributed by atoms with Gasteiger partial charge in [-0.05, 0) is 31.5 Å². The minimum absolute atomic E-state index is 0.269. The van der Waals surface area contributed by atoms with E-state index in [0.29, 0.717) is 17.4 Å². The highest BCUT2D eigenvalue weighted by Crippen LogP contribution is 2.20. The van der Waals surface area contributed by atoms with E-state index in [0.717, 1.165) is 5.56 Å². The number of benzene rings is 1. The number of aryl methyl sites for hydroxylation is 2. The molecule has 1 unspecified atom stereocenters. The van der Waals surface area contributed by atoms with Crippen molar-refractivity contribution in [2.24, 2.45) is 0 Å². The Balaban J connectivity index is 1.91. The van der Waals surface area contributed by atoms with E-state index in [-0.39, 0.29) is 11.7 Å². The van der Waals surface area contributed by atoms with Gasteiger partial charge in [-0.1, -0.05) is 30.3 Å². The van der Waals surface area contributed by atoms with Gasteiger partial charge in [-0.3, -0.25) is 9.89 Å². The highest BCUT2D eigenvalue weighted by molar-refractivity contribution is 5.92. The number of carbonyl (C=O) groups is 1. The van der Waals surface area contributed by atoms with Gasteiger partial charge in [0.05, 0.1) is 0 Å². The van der Waals surface area contributed by atoms with Crippen LogP contribution in [0.5, 0.6) is 0 Å². The van der Waals surface area contributed by atoms with Crippen molar-refractivity contribution in [1.82, 2.24) is 20.5 Å². The van der Waals surface area contributed by atoms with Crippen LogP contribution >= 0.6 is 0 Å². The van der Waals surface area contributed by atoms with E-state index in [9.17, 15) is 4.79 Å². The molecule has 0 saturated carbocycles. The number of nitrogens with one attached hydrogen (secondary N) is 2. The Morgan fingerprint density at radius 1 is 1.18 bits per heavy atom. The third-order valence-corrected chi connectivity index (χ3v) is 3.25. The fourth-order valence-corrected chi connectivity index (χ4v) is 2.19. The van der Waals surface area contributed by atoms with Gasteiger partial charge < -0.3 is 9.73 Å². The zero-order valence-corrected chi connectivity index (χ0v) is 12.3. The third kappa shape index (κ3) is 2.90. The van der Waals surface area contributed by atoms with Crippen LogP contribution in [0.3, 0.4) is 0 Å². The first-order chi connectivity index (χ1) is 10.6. The topological polar surface area (TPSA) is 83.8 Å². The van der Waals surface area contributed by atoms with E-state index in [1.165, 1.54) is 0 Å². The molecule has 1 atom stereocenters. The van der Waals surface area contributed by atoms with Gasteiger partial charge in [-0.15, -0.1) is 0 Å². The van der Waals surface area contributed by atoms with Gasteiger partial charge in [0.1, 0.15) is 17.6 Å². The number of hydrogen-bond acceptors (Lipinski definition) is 4. The molecule has 6 nitrogen and oxygen atoms in total. The zero-order chi connectivity index (χ0) is 15.5. The molecule has 112 valence electrons. The van der Waals surface area contributed by atoms with E-state index < -0.39 is 6.04 Å². The molecule has 3 rings (SSSR count). The molecule has 2 N–H and O–H groups in total. The average Bonchev–Trinajstić information content (AvgIpc) is 3.14. The molecule has 3 aromatic rings. The van der Waals surface area contributed by atoms with Gasteiger partial charge in [0, 0.05) is 0 Å². The van der Waals surface area contributed by atoms with Crippen molar-refractivity contribution in [2.75, 3.05) is 0 Å². The molecular formula is C16H16N4O2. The number of nitrogens with zero attached hydrogens (tertiary/aromatic N) is 2. The molecule has 0 radical (unpaired) electrons. The molecule has 0 aliphatic rings. The van der Waals surface area contributed by atoms with Crippen molar-refractivity contribution >= 4 is 5.91 Å². The first kappa shape index (κ1) is 14.1. The first-order valence-electron chi connectivity index (χ1n) is 6.94. The summed E-state index contributed by atoms with van der Waals surface area (Å²) in [6, 6.07) is 12.5. The van der Waals surface area contributed by atoms with Gasteiger partial charge in [0.15, 0.2) is 11.6 Å². The van der Waals surface area contributed by atoms with Crippen LogP contribution in [0.2, 0.25) is 0 Å². The Kier molecular flexibility index (Phi) is 3.74. The monoisotopic (exact) mass is 296 g/mol. The van der Waals surface area contributed by atoms with Crippen molar-refractivity contribution in [1.29, 1.82) is 0 Å². The van der Waals surface area contributed by atoms with Gasteiger partial charge >= 0.3 is 0 Å². The Morgan fingerprint density at radius 2 is 1.95 bits per heavy atom. The van der Waals surface area contributed by atoms with E-state index in [2.05, 4.69) is 20.5 Å². The van der Waals surface area contributed by atoms with Crippen molar-refractivity contribution in [3.05, 3.63) is 71.2 Å². The van der Waals surface area contributed by atoms with E-state index in [1.54, 1.807) is 19.1 Å². The minimum Gasteiger partial charge on any atom is -0.456 e. The number of aromatic amines is 1. The maximum absolute atomic E-state index is 12.4. The SMILES string of the molecule is Cc1nc(C(NC(=O)c2ccc(C)o2)c2ccccc2)n[nH]1. The molecule has 2 heterocycles. The summed E-state index contributed by atoms with van der Waals surface area (Å²) in [6.45, 7) is 3.61. The molecule has 22 heavy (non-hydrogen) atoms. The normalized spacial score (nSPS) is 12.1. The molecule has 2 aromatic heterocycles. The van der Waals surface area contributed by atoms with Crippen molar-refractivity contribution in [3.8, 4) is 0 Å². The van der Waals surface area contributed by atoms with Gasteiger partial charge in [0.25, 0.3) is 5.91 Å². The summed E-state index contributed by atoms with van der Waals surface area (Å²) < 4.78 is 5.36. The van der Waals surface area contributed by atoms with Gasteiger partial charge in [-0.2, -0.15) is 5.10 Å². The Hall–Kier alpha value is -2.89. The van der Waals surface area contributed by atoms with Crippen molar-refractivity contribution in [3.63, 3.8) is 0 Å². The number of rotatable bonds is 4. The fraction of sp³-hybridized carbons (Fsp3) is 0.188. The van der Waals surface area contributed by atoms with Crippen LogP contribution in [0, 0.1) is 13.8 Å². The number of H-pyrrole nitrogens is 1. The molecule has 0 aliphatic heterocycles. The Morgan fingerprint density at radius 3 is 2.55 bits per heavy atom. The van der Waals surface area contributed by atoms with Crippen molar-refractivity contribution < 1.29 is 9.21 Å². The highest BCUT2D eigenvalue weighted by atomic mass is 16.3. The number of aromatic nitrogens is 3. The summed E-state index contributed by atoms with van der Waals surface area (Å²) in [5.74, 6) is 1.87. The van der Waals surface area contributed by atoms with Crippen LogP contribution in [-0.2, 0) is 0 Å². The predicted molar refractivity (Wildman–Crippen MR) is 80.3 cm³/mol. The molecule has 6 heteroatoms. The van der Waals surface area contributed by atoms with Crippen molar-refractivity contribution in [2.45, 2.75) is 19.9 Å². The lowest BCUT2D eigenvalue weighted by Gasteiger charge is -2.15. The number of amides is 1. The van der Waals surface area contributed by atoms with Crippen LogP contribution in [0.25, 0.3) is 0 Å². The largest absolute Gasteiger partial charge is 0.456 e. The smallest absolute Gasteiger partial charge is 0.287 e. The average molecular weight is 296 g/mol. The number of hydrogen-bond donors (Lipinski definition) is 2. The van der Waals surface area contributed by atoms with E-state index in [1.807, 2.05) is 37.3 Å². The van der Waals surface area contributed by atoms with Gasteiger partial charge in [-0.25, -0.2) is 4.98 Å². The summed E-state index contributed by atoms with van der Waals surface area (Å²) in [6.07, 6.45) is 0. The minimum atomic E-state index is -0.441. The number of carbonyl (C=O) groups excluding carboxylic acids is 1. The highest BCUT2D eigenvalue weighted by Gasteiger charge is 2.22. The van der Waals surface area contributed by atoms with Crippen LogP contribution in [0.1, 0.15) is 39.6 Å². The molecular weight excluding hydrogens is 280 g/mol. The fourth-order valence-electron chi connectivity index (χ4n) is 2.19. The summed E-state index contributed by atoms with van der Waals surface area (Å²) >= 11 is 0. The maximum Gasteiger partial charge on any atom is 0.287 e. The summed E-state index contributed by atoms with van der Waals surface area (Å²) in [5.41, 5.74) is 0.901. The molecule has 0 aliphatic carbocycles. The van der Waals surface area contributed by atoms with E-state index in [4.69, 9.17) is 4.42 Å². The quantitative estimate of drug-likeness (QED) is 0.775. The molecule has 0 bridgehead atoms. The van der Waals surface area contributed by atoms with Crippen LogP contribution < -0.4 is 5.32 Å². The van der Waals surface area contributed by atoms with Crippen LogP contribution in [-0.4, -0.2) is 21.1 Å². The molecule has 0 saturated heterocycles. The Bertz CT molecular complexity index is 776. The molecule has 0 spiro atoms. The molecule has 1 aromatic carbocycles. The summed E-state index contributed by atoms with van der Waals surface area (Å²) in [7, 11) is 0. The lowest BCUT2D eigenvalue weighted by atomic mass is 10.1. The summed E-state index contributed by atoms with van der Waals surface area (Å²) in [5, 5.41) is 9.88. The Labute approximate surface area is 127 Å². The lowest BCUT2D eigenvalue weighted by molar-refractivity contribution is 0.0912. The maximum atomic E-state index is 12.4. The van der Waals surface area contributed by atoms with Crippen LogP contribution in [0.15, 0.2) is 46.9 Å². The zero-order valence-electron chi connectivity index (χ0n) is 12.3. The number of furan rings is 1. The van der Waals surface area contributed by atoms with E-state index >= 15 is 0 Å². The third-order valence-electron chi connectivity index (χ3n) is 3.25. The standard InChI is InChI=1S/C16H16N4O2/c1-10-8-9-13(22-10)16(21)18-14(12-6-4-3-5-7-12)15-17-11(2)19-20-15/h3-9,14H,1-2H3,(H,18,21)(H,17,19,20). The van der Waals surface area contributed by atoms with Gasteiger partial charge in [0.2, 0.25) is 0 Å². The first-order valence-corrected chi connectivity index (χ1v) is 6.94. The molecule has 1 amide bonds. The lowest BCUT2D eigenvalue weighted by Crippen LogP contribution is -2.29. The second-order valence-corrected chi connectivity index (χ2v) is 5.01. The summed E-state index contributed by atoms with van der Waals surface area (Å²) in [4.78, 5) is 16.7. The molecule has 0 fully saturated rings. The predicted octanol–water partition coefficient (Wildman–Crippen LogP) is 2.53. The second kappa shape index (κ2) is 5.85.